The van der Waals surface area contributed by atoms with Crippen LogP contribution in [0.3, 0.4) is 0 Å². The van der Waals surface area contributed by atoms with Crippen molar-refractivity contribution in [2.24, 2.45) is 0 Å². The van der Waals surface area contributed by atoms with E-state index in [2.05, 4.69) is 184 Å². The number of hydrogen-bond donors (Lipinski definition) is 0. The second-order valence-electron chi connectivity index (χ2n) is 14.2. The number of ether oxygens (including phenoxy) is 2. The van der Waals surface area contributed by atoms with E-state index in [-0.39, 0.29) is 0 Å². The SMILES string of the molecule is Cc1c2c(c(C)c3c1[C@@]1(c4ccccc4)O[C@@]3(c3ccccc3)c3ccccc31)[C@@]1(c3ccccc3)O[C@]2(c2ccccc2)c2ccccc21. The molecule has 4 aliphatic rings. The van der Waals surface area contributed by atoms with E-state index in [4.69, 9.17) is 9.47 Å². The van der Waals surface area contributed by atoms with Gasteiger partial charge in [0.2, 0.25) is 0 Å². The minimum atomic E-state index is -0.813. The molecule has 7 aromatic carbocycles. The fourth-order valence-electron chi connectivity index (χ4n) is 10.5. The second kappa shape index (κ2) is 9.57. The molecular formula is C48H34O2. The van der Waals surface area contributed by atoms with Crippen LogP contribution < -0.4 is 0 Å². The van der Waals surface area contributed by atoms with E-state index >= 15 is 0 Å². The summed E-state index contributed by atoms with van der Waals surface area (Å²) in [5, 5.41) is 0. The van der Waals surface area contributed by atoms with Crippen LogP contribution in [0, 0.1) is 13.8 Å². The second-order valence-corrected chi connectivity index (χ2v) is 14.2. The highest BCUT2D eigenvalue weighted by atomic mass is 16.5. The molecule has 0 amide bonds. The zero-order chi connectivity index (χ0) is 33.3. The molecule has 0 saturated carbocycles. The van der Waals surface area contributed by atoms with Crippen LogP contribution in [0.15, 0.2) is 170 Å². The van der Waals surface area contributed by atoms with Crippen LogP contribution in [0.4, 0.5) is 0 Å². The van der Waals surface area contributed by atoms with Gasteiger partial charge in [-0.3, -0.25) is 0 Å². The molecule has 2 nitrogen and oxygen atoms in total. The summed E-state index contributed by atoms with van der Waals surface area (Å²) in [6.07, 6.45) is 0. The summed E-state index contributed by atoms with van der Waals surface area (Å²) in [5.74, 6) is 0. The Bertz CT molecular complexity index is 2160. The third kappa shape index (κ3) is 2.98. The van der Waals surface area contributed by atoms with Gasteiger partial charge in [0.05, 0.1) is 0 Å². The first-order valence-corrected chi connectivity index (χ1v) is 17.6. The molecule has 2 heteroatoms. The molecule has 7 aromatic rings. The van der Waals surface area contributed by atoms with Crippen LogP contribution in [-0.2, 0) is 31.9 Å². The predicted octanol–water partition coefficient (Wildman–Crippen LogP) is 10.2. The van der Waals surface area contributed by atoms with Gasteiger partial charge in [-0.25, -0.2) is 0 Å². The lowest BCUT2D eigenvalue weighted by atomic mass is 9.59. The molecule has 0 unspecified atom stereocenters. The number of benzene rings is 7. The topological polar surface area (TPSA) is 18.5 Å². The predicted molar refractivity (Wildman–Crippen MR) is 196 cm³/mol. The first-order chi connectivity index (χ1) is 24.6. The van der Waals surface area contributed by atoms with E-state index in [0.29, 0.717) is 0 Å². The Labute approximate surface area is 292 Å². The summed E-state index contributed by atoms with van der Waals surface area (Å²) < 4.78 is 15.8. The molecule has 0 N–H and O–H groups in total. The van der Waals surface area contributed by atoms with Crippen molar-refractivity contribution in [3.05, 3.63) is 248 Å². The first kappa shape index (κ1) is 28.3. The zero-order valence-corrected chi connectivity index (χ0v) is 28.0. The van der Waals surface area contributed by atoms with Gasteiger partial charge in [0.25, 0.3) is 0 Å². The van der Waals surface area contributed by atoms with Crippen LogP contribution >= 0.6 is 0 Å². The monoisotopic (exact) mass is 642 g/mol. The standard InChI is InChI=1S/C48H34O2/c1-31-41-43(47(35-23-11-5-12-24-35)39-29-17-15-27-37(39)45(41,49-47)33-19-7-3-8-20-33)32(2)44-42(31)46(34-21-9-4-10-22-34)38-28-16-18-30-40(38)48(44,50-46)36-25-13-6-14-26-36/h3-30H,1-2H3/t45-,46-,47-,48+/m0/s1. The average Bonchev–Trinajstić information content (AvgIpc) is 3.90. The quantitative estimate of drug-likeness (QED) is 0.190. The zero-order valence-electron chi connectivity index (χ0n) is 28.0. The van der Waals surface area contributed by atoms with Gasteiger partial charge in [-0.2, -0.15) is 0 Å². The van der Waals surface area contributed by atoms with Gasteiger partial charge in [0, 0.05) is 22.3 Å². The maximum absolute atomic E-state index is 7.91. The molecule has 4 aliphatic heterocycles. The third-order valence-corrected chi connectivity index (χ3v) is 12.1. The van der Waals surface area contributed by atoms with E-state index in [1.165, 1.54) is 55.6 Å². The van der Waals surface area contributed by atoms with Gasteiger partial charge in [-0.05, 0) is 69.5 Å². The smallest absolute Gasteiger partial charge is 0.146 e. The van der Waals surface area contributed by atoms with Crippen molar-refractivity contribution in [2.45, 2.75) is 36.3 Å². The summed E-state index contributed by atoms with van der Waals surface area (Å²) in [7, 11) is 0. The van der Waals surface area contributed by atoms with E-state index in [1.54, 1.807) is 0 Å². The molecule has 50 heavy (non-hydrogen) atoms. The Morgan fingerprint density at radius 1 is 0.280 bits per heavy atom. The third-order valence-electron chi connectivity index (χ3n) is 12.1. The fraction of sp³-hybridized carbons (Fsp3) is 0.125. The molecule has 0 fully saturated rings. The minimum absolute atomic E-state index is 0.813. The highest BCUT2D eigenvalue weighted by Gasteiger charge is 2.70. The van der Waals surface area contributed by atoms with Crippen molar-refractivity contribution in [2.75, 3.05) is 0 Å². The van der Waals surface area contributed by atoms with Gasteiger partial charge in [-0.1, -0.05) is 170 Å². The van der Waals surface area contributed by atoms with Crippen molar-refractivity contribution >= 4 is 0 Å². The Hall–Kier alpha value is -5.54. The van der Waals surface area contributed by atoms with Crippen LogP contribution in [0.25, 0.3) is 0 Å². The van der Waals surface area contributed by atoms with Crippen LogP contribution in [-0.4, -0.2) is 0 Å². The molecule has 4 heterocycles. The van der Waals surface area contributed by atoms with Crippen LogP contribution in [0.5, 0.6) is 0 Å². The van der Waals surface area contributed by atoms with Gasteiger partial charge >= 0.3 is 0 Å². The van der Waals surface area contributed by atoms with Gasteiger partial charge in [0.15, 0.2) is 0 Å². The lowest BCUT2D eigenvalue weighted by molar-refractivity contribution is -0.0302. The van der Waals surface area contributed by atoms with E-state index in [0.717, 1.165) is 22.3 Å². The van der Waals surface area contributed by atoms with E-state index in [1.807, 2.05) is 0 Å². The highest BCUT2D eigenvalue weighted by Crippen LogP contribution is 2.73. The van der Waals surface area contributed by atoms with E-state index < -0.39 is 22.4 Å². The van der Waals surface area contributed by atoms with Gasteiger partial charge in [0.1, 0.15) is 22.4 Å². The molecule has 0 spiro atoms. The number of fused-ring (bicyclic) bond motifs is 16. The molecular weight excluding hydrogens is 609 g/mol. The largest absolute Gasteiger partial charge is 0.340 e. The molecule has 4 atom stereocenters. The molecule has 0 aliphatic carbocycles. The molecule has 4 bridgehead atoms. The Balaban J connectivity index is 1.38. The summed E-state index contributed by atoms with van der Waals surface area (Å²) in [6.45, 7) is 4.67. The number of hydrogen-bond acceptors (Lipinski definition) is 2. The normalized spacial score (nSPS) is 26.0. The van der Waals surface area contributed by atoms with Crippen LogP contribution in [0.1, 0.15) is 77.9 Å². The first-order valence-electron chi connectivity index (χ1n) is 17.6. The average molecular weight is 643 g/mol. The summed E-state index contributed by atoms with van der Waals surface area (Å²) >= 11 is 0. The lowest BCUT2D eigenvalue weighted by Crippen LogP contribution is -2.35. The van der Waals surface area contributed by atoms with E-state index in [9.17, 15) is 0 Å². The maximum atomic E-state index is 7.91. The number of rotatable bonds is 4. The maximum Gasteiger partial charge on any atom is 0.146 e. The Morgan fingerprint density at radius 3 is 0.700 bits per heavy atom. The summed E-state index contributed by atoms with van der Waals surface area (Å²) in [5.41, 5.74) is 13.6. The Kier molecular flexibility index (Phi) is 5.42. The summed E-state index contributed by atoms with van der Waals surface area (Å²) in [6, 6.07) is 61.3. The van der Waals surface area contributed by atoms with Crippen molar-refractivity contribution in [1.29, 1.82) is 0 Å². The van der Waals surface area contributed by atoms with Crippen molar-refractivity contribution in [3.63, 3.8) is 0 Å². The van der Waals surface area contributed by atoms with Crippen molar-refractivity contribution < 1.29 is 9.47 Å². The van der Waals surface area contributed by atoms with Gasteiger partial charge in [-0.15, -0.1) is 0 Å². The van der Waals surface area contributed by atoms with Crippen molar-refractivity contribution in [1.82, 2.24) is 0 Å². The molecule has 11 rings (SSSR count). The van der Waals surface area contributed by atoms with Gasteiger partial charge < -0.3 is 9.47 Å². The highest BCUT2D eigenvalue weighted by molar-refractivity contribution is 5.81. The summed E-state index contributed by atoms with van der Waals surface area (Å²) in [4.78, 5) is 0. The molecule has 0 aromatic heterocycles. The minimum Gasteiger partial charge on any atom is -0.340 e. The molecule has 238 valence electrons. The Morgan fingerprint density at radius 2 is 0.480 bits per heavy atom. The fourth-order valence-corrected chi connectivity index (χ4v) is 10.5. The van der Waals surface area contributed by atoms with Crippen LogP contribution in [0.2, 0.25) is 0 Å². The lowest BCUT2D eigenvalue weighted by Gasteiger charge is -2.39. The molecule has 0 saturated heterocycles. The molecule has 0 radical (unpaired) electrons. The van der Waals surface area contributed by atoms with Crippen molar-refractivity contribution in [3.8, 4) is 0 Å².